The van der Waals surface area contributed by atoms with Crippen molar-refractivity contribution in [1.82, 2.24) is 0 Å². The lowest BCUT2D eigenvalue weighted by Gasteiger charge is -2.33. The number of hydrogen-bond donors (Lipinski definition) is 2. The second-order valence-electron chi connectivity index (χ2n) is 5.77. The third kappa shape index (κ3) is 3.47. The van der Waals surface area contributed by atoms with Crippen molar-refractivity contribution in [3.05, 3.63) is 54.1 Å². The number of carbonyl (C=O) groups is 2. The lowest BCUT2D eigenvalue weighted by molar-refractivity contribution is -0.122. The van der Waals surface area contributed by atoms with E-state index in [0.29, 0.717) is 5.69 Å². The van der Waals surface area contributed by atoms with Gasteiger partial charge in [0, 0.05) is 0 Å². The molecule has 1 atom stereocenters. The van der Waals surface area contributed by atoms with E-state index in [1.54, 1.807) is 36.4 Å². The van der Waals surface area contributed by atoms with Crippen LogP contribution < -0.4 is 20.1 Å². The SMILES string of the molecule is CS(=O)(=O)N1CC(C(=O)Nc2ccccc2C(N)=O)Oc2ccccc21. The van der Waals surface area contributed by atoms with Crippen LogP contribution in [0.3, 0.4) is 0 Å². The Balaban J connectivity index is 1.89. The molecule has 1 aliphatic heterocycles. The molecule has 3 rings (SSSR count). The van der Waals surface area contributed by atoms with E-state index in [4.69, 9.17) is 10.5 Å². The van der Waals surface area contributed by atoms with Crippen LogP contribution in [-0.4, -0.2) is 39.1 Å². The quantitative estimate of drug-likeness (QED) is 0.825. The third-order valence-corrected chi connectivity index (χ3v) is 5.02. The highest BCUT2D eigenvalue weighted by molar-refractivity contribution is 7.92. The average Bonchev–Trinajstić information content (AvgIpc) is 2.60. The van der Waals surface area contributed by atoms with E-state index in [2.05, 4.69) is 5.32 Å². The van der Waals surface area contributed by atoms with Gasteiger partial charge in [-0.3, -0.25) is 13.9 Å². The number of hydrogen-bond acceptors (Lipinski definition) is 5. The molecule has 0 aliphatic carbocycles. The predicted molar refractivity (Wildman–Crippen MR) is 96.6 cm³/mol. The number of carbonyl (C=O) groups excluding carboxylic acids is 2. The number of nitrogens with two attached hydrogens (primary N) is 1. The Hall–Kier alpha value is -3.07. The standard InChI is InChI=1S/C17H17N3O5S/c1-26(23,24)20-10-15(25-14-9-5-4-8-13(14)20)17(22)19-12-7-3-2-6-11(12)16(18)21/h2-9,15H,10H2,1H3,(H2,18,21)(H,19,22). The summed E-state index contributed by atoms with van der Waals surface area (Å²) in [6.45, 7) is -0.180. The lowest BCUT2D eigenvalue weighted by atomic mass is 10.1. The van der Waals surface area contributed by atoms with Crippen LogP contribution in [0.2, 0.25) is 0 Å². The van der Waals surface area contributed by atoms with Gasteiger partial charge in [0.25, 0.3) is 11.8 Å². The molecule has 2 aromatic carbocycles. The number of nitrogens with zero attached hydrogens (tertiary/aromatic N) is 1. The number of ether oxygens (including phenoxy) is 1. The fraction of sp³-hybridized carbons (Fsp3) is 0.176. The van der Waals surface area contributed by atoms with Crippen molar-refractivity contribution in [3.8, 4) is 5.75 Å². The first-order valence-corrected chi connectivity index (χ1v) is 9.55. The third-order valence-electron chi connectivity index (χ3n) is 3.88. The number of nitrogens with one attached hydrogen (secondary N) is 1. The summed E-state index contributed by atoms with van der Waals surface area (Å²) in [6.07, 6.45) is -0.0209. The molecule has 136 valence electrons. The molecule has 26 heavy (non-hydrogen) atoms. The lowest BCUT2D eigenvalue weighted by Crippen LogP contribution is -2.48. The van der Waals surface area contributed by atoms with Crippen LogP contribution in [0.25, 0.3) is 0 Å². The van der Waals surface area contributed by atoms with E-state index < -0.39 is 27.9 Å². The number of fused-ring (bicyclic) bond motifs is 1. The maximum absolute atomic E-state index is 12.6. The van der Waals surface area contributed by atoms with Crippen molar-refractivity contribution in [2.45, 2.75) is 6.10 Å². The van der Waals surface area contributed by atoms with Gasteiger partial charge in [0.05, 0.1) is 29.7 Å². The minimum Gasteiger partial charge on any atom is -0.476 e. The first kappa shape index (κ1) is 17.7. The largest absolute Gasteiger partial charge is 0.476 e. The summed E-state index contributed by atoms with van der Waals surface area (Å²) in [7, 11) is -3.60. The van der Waals surface area contributed by atoms with Gasteiger partial charge in [-0.1, -0.05) is 24.3 Å². The molecule has 2 amide bonds. The predicted octanol–water partition coefficient (Wildman–Crippen LogP) is 0.951. The van der Waals surface area contributed by atoms with Crippen molar-refractivity contribution in [2.75, 3.05) is 22.4 Å². The summed E-state index contributed by atoms with van der Waals surface area (Å²) >= 11 is 0. The fourth-order valence-electron chi connectivity index (χ4n) is 2.67. The Labute approximate surface area is 150 Å². The van der Waals surface area contributed by atoms with Crippen LogP contribution in [0.4, 0.5) is 11.4 Å². The van der Waals surface area contributed by atoms with Gasteiger partial charge in [-0.2, -0.15) is 0 Å². The van der Waals surface area contributed by atoms with Gasteiger partial charge in [-0.05, 0) is 24.3 Å². The van der Waals surface area contributed by atoms with Gasteiger partial charge in [0.1, 0.15) is 5.75 Å². The number of sulfonamides is 1. The molecular formula is C17H17N3O5S. The van der Waals surface area contributed by atoms with Crippen molar-refractivity contribution in [2.24, 2.45) is 5.73 Å². The number of anilines is 2. The van der Waals surface area contributed by atoms with E-state index in [1.807, 2.05) is 0 Å². The summed E-state index contributed by atoms with van der Waals surface area (Å²) in [4.78, 5) is 24.1. The summed E-state index contributed by atoms with van der Waals surface area (Å²) in [5.41, 5.74) is 6.06. The maximum atomic E-state index is 12.6. The molecule has 0 fully saturated rings. The van der Waals surface area contributed by atoms with Crippen LogP contribution >= 0.6 is 0 Å². The van der Waals surface area contributed by atoms with Crippen LogP contribution in [-0.2, 0) is 14.8 Å². The van der Waals surface area contributed by atoms with Gasteiger partial charge in [0.2, 0.25) is 10.0 Å². The molecule has 3 N–H and O–H groups in total. The van der Waals surface area contributed by atoms with Crippen LogP contribution in [0.1, 0.15) is 10.4 Å². The second kappa shape index (κ2) is 6.68. The van der Waals surface area contributed by atoms with Crippen molar-refractivity contribution in [1.29, 1.82) is 0 Å². The molecular weight excluding hydrogens is 358 g/mol. The number of primary amides is 1. The maximum Gasteiger partial charge on any atom is 0.267 e. The molecule has 0 saturated carbocycles. The average molecular weight is 375 g/mol. The highest BCUT2D eigenvalue weighted by Crippen LogP contribution is 2.34. The van der Waals surface area contributed by atoms with E-state index in [1.165, 1.54) is 12.1 Å². The molecule has 2 aromatic rings. The molecule has 0 bridgehead atoms. The second-order valence-corrected chi connectivity index (χ2v) is 7.67. The van der Waals surface area contributed by atoms with Crippen LogP contribution in [0, 0.1) is 0 Å². The van der Waals surface area contributed by atoms with E-state index >= 15 is 0 Å². The van der Waals surface area contributed by atoms with Gasteiger partial charge >= 0.3 is 0 Å². The molecule has 0 radical (unpaired) electrons. The summed E-state index contributed by atoms with van der Waals surface area (Å²) in [5, 5.41) is 2.58. The first-order chi connectivity index (χ1) is 12.3. The van der Waals surface area contributed by atoms with E-state index in [9.17, 15) is 18.0 Å². The minimum atomic E-state index is -3.60. The highest BCUT2D eigenvalue weighted by Gasteiger charge is 2.35. The Morgan fingerprint density at radius 3 is 2.50 bits per heavy atom. The minimum absolute atomic E-state index is 0.150. The monoisotopic (exact) mass is 375 g/mol. The Morgan fingerprint density at radius 1 is 1.15 bits per heavy atom. The molecule has 1 aliphatic rings. The molecule has 1 heterocycles. The Kier molecular flexibility index (Phi) is 4.56. The van der Waals surface area contributed by atoms with E-state index in [0.717, 1.165) is 10.6 Å². The van der Waals surface area contributed by atoms with Crippen LogP contribution in [0.15, 0.2) is 48.5 Å². The smallest absolute Gasteiger partial charge is 0.267 e. The van der Waals surface area contributed by atoms with Gasteiger partial charge in [-0.25, -0.2) is 8.42 Å². The Morgan fingerprint density at radius 2 is 1.81 bits per heavy atom. The van der Waals surface area contributed by atoms with Gasteiger partial charge in [0.15, 0.2) is 6.10 Å². The molecule has 0 aromatic heterocycles. The zero-order valence-electron chi connectivity index (χ0n) is 13.9. The van der Waals surface area contributed by atoms with Crippen LogP contribution in [0.5, 0.6) is 5.75 Å². The Bertz CT molecular complexity index is 974. The number of amides is 2. The summed E-state index contributed by atoms with van der Waals surface area (Å²) in [6, 6.07) is 12.8. The van der Waals surface area contributed by atoms with Crippen molar-refractivity contribution in [3.63, 3.8) is 0 Å². The molecule has 0 saturated heterocycles. The zero-order chi connectivity index (χ0) is 18.9. The molecule has 0 spiro atoms. The zero-order valence-corrected chi connectivity index (χ0v) is 14.7. The molecule has 8 nitrogen and oxygen atoms in total. The molecule has 9 heteroatoms. The summed E-state index contributed by atoms with van der Waals surface area (Å²) in [5.74, 6) is -0.983. The van der Waals surface area contributed by atoms with Gasteiger partial charge < -0.3 is 15.8 Å². The number of rotatable bonds is 4. The molecule has 1 unspecified atom stereocenters. The summed E-state index contributed by atoms with van der Waals surface area (Å²) < 4.78 is 31.0. The first-order valence-electron chi connectivity index (χ1n) is 7.70. The van der Waals surface area contributed by atoms with E-state index in [-0.39, 0.29) is 23.5 Å². The number of benzene rings is 2. The van der Waals surface area contributed by atoms with Gasteiger partial charge in [-0.15, -0.1) is 0 Å². The fourth-order valence-corrected chi connectivity index (χ4v) is 3.59. The van der Waals surface area contributed by atoms with Crippen molar-refractivity contribution < 1.29 is 22.7 Å². The normalized spacial score (nSPS) is 16.3. The van der Waals surface area contributed by atoms with Crippen molar-refractivity contribution >= 4 is 33.2 Å². The topological polar surface area (TPSA) is 119 Å². The number of para-hydroxylation sites is 3. The highest BCUT2D eigenvalue weighted by atomic mass is 32.2.